The molecule has 11 heteroatoms. The lowest BCUT2D eigenvalue weighted by Crippen LogP contribution is -2.41. The number of amides is 1. The molecule has 6 nitrogen and oxygen atoms in total. The number of benzene rings is 3. The molecule has 2 saturated heterocycles. The highest BCUT2D eigenvalue weighted by atomic mass is 35.5. The van der Waals surface area contributed by atoms with Crippen molar-refractivity contribution in [1.82, 2.24) is 4.90 Å². The number of piperidine rings is 1. The Balaban J connectivity index is 1.27. The number of hydrogen-bond acceptors (Lipinski definition) is 4. The summed E-state index contributed by atoms with van der Waals surface area (Å²) in [7, 11) is 0. The predicted octanol–water partition coefficient (Wildman–Crippen LogP) is 7.28. The molecule has 0 aliphatic carbocycles. The Morgan fingerprint density at radius 1 is 0.975 bits per heavy atom. The number of aromatic carboxylic acids is 1. The highest BCUT2D eigenvalue weighted by Crippen LogP contribution is 2.43. The summed E-state index contributed by atoms with van der Waals surface area (Å²) in [6.45, 7) is 2.33. The summed E-state index contributed by atoms with van der Waals surface area (Å²) in [5.41, 5.74) is 1.88. The number of nitrogens with zero attached hydrogens (tertiary/aromatic N) is 2. The van der Waals surface area contributed by atoms with E-state index >= 15 is 0 Å². The van der Waals surface area contributed by atoms with E-state index in [2.05, 4.69) is 9.64 Å². The molecule has 0 aromatic heterocycles. The van der Waals surface area contributed by atoms with Gasteiger partial charge in [-0.2, -0.15) is 0 Å². The minimum absolute atomic E-state index is 0.00177. The maximum absolute atomic E-state index is 13.3. The van der Waals surface area contributed by atoms with E-state index in [0.717, 1.165) is 12.8 Å². The van der Waals surface area contributed by atoms with Gasteiger partial charge in [0.15, 0.2) is 0 Å². The Kier molecular flexibility index (Phi) is 7.74. The molecule has 2 aliphatic rings. The van der Waals surface area contributed by atoms with Crippen LogP contribution in [-0.2, 0) is 11.3 Å². The molecule has 2 heterocycles. The number of halogens is 5. The summed E-state index contributed by atoms with van der Waals surface area (Å²) in [5.74, 6) is -1.36. The zero-order chi connectivity index (χ0) is 28.7. The fraction of sp³-hybridized carbons (Fsp3) is 0.310. The van der Waals surface area contributed by atoms with Crippen molar-refractivity contribution in [2.75, 3.05) is 24.5 Å². The van der Waals surface area contributed by atoms with E-state index in [9.17, 15) is 22.8 Å². The van der Waals surface area contributed by atoms with Gasteiger partial charge < -0.3 is 14.7 Å². The van der Waals surface area contributed by atoms with Crippen molar-refractivity contribution in [3.8, 4) is 16.9 Å². The minimum atomic E-state index is -4.88. The van der Waals surface area contributed by atoms with Crippen molar-refractivity contribution in [2.45, 2.75) is 32.2 Å². The number of hydrogen-bond donors (Lipinski definition) is 1. The van der Waals surface area contributed by atoms with Gasteiger partial charge in [0.05, 0.1) is 10.6 Å². The molecule has 1 amide bonds. The molecule has 1 spiro atoms. The van der Waals surface area contributed by atoms with Gasteiger partial charge in [-0.1, -0.05) is 41.4 Å². The van der Waals surface area contributed by atoms with Crippen LogP contribution in [0.4, 0.5) is 18.9 Å². The van der Waals surface area contributed by atoms with Crippen molar-refractivity contribution < 1.29 is 32.6 Å². The second kappa shape index (κ2) is 11.0. The molecular formula is C29H25Cl2F3N2O4. The monoisotopic (exact) mass is 592 g/mol. The van der Waals surface area contributed by atoms with Crippen LogP contribution in [0, 0.1) is 5.41 Å². The molecule has 0 unspecified atom stereocenters. The van der Waals surface area contributed by atoms with Crippen molar-refractivity contribution in [3.05, 3.63) is 81.8 Å². The highest BCUT2D eigenvalue weighted by molar-refractivity contribution is 6.36. The van der Waals surface area contributed by atoms with E-state index in [1.54, 1.807) is 41.3 Å². The van der Waals surface area contributed by atoms with Crippen LogP contribution in [-0.4, -0.2) is 47.9 Å². The predicted molar refractivity (Wildman–Crippen MR) is 146 cm³/mol. The molecule has 5 rings (SSSR count). The maximum atomic E-state index is 13.3. The van der Waals surface area contributed by atoms with Gasteiger partial charge >= 0.3 is 12.3 Å². The molecule has 0 saturated carbocycles. The van der Waals surface area contributed by atoms with Gasteiger partial charge in [-0.3, -0.25) is 9.69 Å². The van der Waals surface area contributed by atoms with E-state index in [1.807, 2.05) is 0 Å². The van der Waals surface area contributed by atoms with Crippen molar-refractivity contribution in [1.29, 1.82) is 0 Å². The van der Waals surface area contributed by atoms with Gasteiger partial charge in [-0.25, -0.2) is 4.79 Å². The van der Waals surface area contributed by atoms with Crippen molar-refractivity contribution in [2.24, 2.45) is 5.41 Å². The summed E-state index contributed by atoms with van der Waals surface area (Å²) in [6.07, 6.45) is -2.96. The van der Waals surface area contributed by atoms with Gasteiger partial charge in [-0.15, -0.1) is 13.2 Å². The first-order valence-corrected chi connectivity index (χ1v) is 13.4. The van der Waals surface area contributed by atoms with Crippen LogP contribution in [0.25, 0.3) is 11.1 Å². The van der Waals surface area contributed by atoms with Crippen LogP contribution in [0.2, 0.25) is 10.0 Å². The van der Waals surface area contributed by atoms with Gasteiger partial charge in [0.1, 0.15) is 5.75 Å². The molecule has 1 N–H and O–H groups in total. The van der Waals surface area contributed by atoms with Crippen LogP contribution in [0.1, 0.15) is 35.2 Å². The molecule has 210 valence electrons. The quantitative estimate of drug-likeness (QED) is 0.326. The van der Waals surface area contributed by atoms with Crippen LogP contribution >= 0.6 is 23.2 Å². The van der Waals surface area contributed by atoms with E-state index in [-0.39, 0.29) is 33.2 Å². The lowest BCUT2D eigenvalue weighted by atomic mass is 9.77. The summed E-state index contributed by atoms with van der Waals surface area (Å²) in [4.78, 5) is 27.9. The molecule has 0 atom stereocenters. The lowest BCUT2D eigenvalue weighted by Gasteiger charge is -2.39. The van der Waals surface area contributed by atoms with Crippen LogP contribution < -0.4 is 9.64 Å². The van der Waals surface area contributed by atoms with Crippen LogP contribution in [0.15, 0.2) is 60.7 Å². The van der Waals surface area contributed by atoms with Crippen molar-refractivity contribution in [3.63, 3.8) is 0 Å². The Hall–Kier alpha value is -3.27. The number of carboxylic acid groups (broad SMARTS) is 1. The zero-order valence-electron chi connectivity index (χ0n) is 21.2. The van der Waals surface area contributed by atoms with Gasteiger partial charge in [0.25, 0.3) is 0 Å². The number of carbonyl (C=O) groups is 2. The zero-order valence-corrected chi connectivity index (χ0v) is 22.7. The molecule has 2 aliphatic heterocycles. The largest absolute Gasteiger partial charge is 0.573 e. The molecule has 0 bridgehead atoms. The van der Waals surface area contributed by atoms with Gasteiger partial charge in [0, 0.05) is 41.3 Å². The van der Waals surface area contributed by atoms with Gasteiger partial charge in [-0.05, 0) is 79.4 Å². The number of carbonyl (C=O) groups excluding carboxylic acids is 1. The van der Waals surface area contributed by atoms with E-state index in [0.29, 0.717) is 54.4 Å². The number of rotatable bonds is 6. The second-order valence-corrected chi connectivity index (χ2v) is 11.1. The van der Waals surface area contributed by atoms with Crippen LogP contribution in [0.3, 0.4) is 0 Å². The summed E-state index contributed by atoms with van der Waals surface area (Å²) in [6, 6.07) is 15.6. The first-order chi connectivity index (χ1) is 18.9. The van der Waals surface area contributed by atoms with E-state index in [1.165, 1.54) is 24.3 Å². The third-order valence-corrected chi connectivity index (χ3v) is 8.11. The van der Waals surface area contributed by atoms with Crippen LogP contribution in [0.5, 0.6) is 5.75 Å². The Morgan fingerprint density at radius 3 is 2.27 bits per heavy atom. The fourth-order valence-electron chi connectivity index (χ4n) is 5.50. The number of anilines is 1. The molecule has 0 radical (unpaired) electrons. The minimum Gasteiger partial charge on any atom is -0.478 e. The third-order valence-electron chi connectivity index (χ3n) is 7.56. The number of ether oxygens (including phenoxy) is 1. The summed E-state index contributed by atoms with van der Waals surface area (Å²) >= 11 is 12.2. The smallest absolute Gasteiger partial charge is 0.478 e. The highest BCUT2D eigenvalue weighted by Gasteiger charge is 2.45. The molecule has 3 aromatic carbocycles. The SMILES string of the molecule is O=C(O)c1ccc(N2CC3(CCN(Cc4ccc(-c5ccc(Cl)cc5Cl)c(OC(F)(F)F)c4)CC3)CC2=O)cc1. The summed E-state index contributed by atoms with van der Waals surface area (Å²) in [5, 5.41) is 9.71. The fourth-order valence-corrected chi connectivity index (χ4v) is 6.01. The topological polar surface area (TPSA) is 70.1 Å². The number of likely N-dealkylation sites (tertiary alicyclic amines) is 1. The van der Waals surface area contributed by atoms with E-state index < -0.39 is 12.3 Å². The van der Waals surface area contributed by atoms with E-state index in [4.69, 9.17) is 28.3 Å². The number of alkyl halides is 3. The Labute approximate surface area is 238 Å². The first kappa shape index (κ1) is 28.3. The maximum Gasteiger partial charge on any atom is 0.573 e. The first-order valence-electron chi connectivity index (χ1n) is 12.6. The molecular weight excluding hydrogens is 568 g/mol. The third kappa shape index (κ3) is 6.22. The average Bonchev–Trinajstić information content (AvgIpc) is 3.21. The molecule has 40 heavy (non-hydrogen) atoms. The standard InChI is InChI=1S/C29H25Cl2F3N2O4/c30-20-4-8-22(24(31)14-20)23-7-1-18(13-25(23)40-29(32,33)34)16-35-11-9-28(10-12-35)15-26(37)36(17-28)21-5-2-19(3-6-21)27(38)39/h1-8,13-14H,9-12,15-17H2,(H,38,39). The van der Waals surface area contributed by atoms with Gasteiger partial charge in [0.2, 0.25) is 5.91 Å². The summed E-state index contributed by atoms with van der Waals surface area (Å²) < 4.78 is 44.2. The molecule has 3 aromatic rings. The molecule has 2 fully saturated rings. The van der Waals surface area contributed by atoms with Crippen molar-refractivity contribution >= 4 is 40.8 Å². The normalized spacial score (nSPS) is 17.4. The average molecular weight is 593 g/mol. The Morgan fingerprint density at radius 2 is 1.65 bits per heavy atom. The Bertz CT molecular complexity index is 1440. The number of carboxylic acids is 1. The second-order valence-electron chi connectivity index (χ2n) is 10.3. The lowest BCUT2D eigenvalue weighted by molar-refractivity contribution is -0.274.